The zero-order chi connectivity index (χ0) is 11.0. The van der Waals surface area contributed by atoms with E-state index in [0.29, 0.717) is 6.42 Å². The van der Waals surface area contributed by atoms with E-state index in [-0.39, 0.29) is 5.78 Å². The summed E-state index contributed by atoms with van der Waals surface area (Å²) in [5, 5.41) is 0.732. The molecule has 3 heteroatoms. The number of hydrogen-bond donors (Lipinski definition) is 0. The van der Waals surface area contributed by atoms with Crippen LogP contribution in [0, 0.1) is 0 Å². The summed E-state index contributed by atoms with van der Waals surface area (Å²) in [5.41, 5.74) is 0. The second kappa shape index (κ2) is 7.39. The van der Waals surface area contributed by atoms with Crippen LogP contribution in [0.5, 0.6) is 5.75 Å². The van der Waals surface area contributed by atoms with Crippen LogP contribution < -0.4 is 4.74 Å². The second-order valence-electron chi connectivity index (χ2n) is 2.71. The molecule has 0 unspecified atom stereocenters. The number of ketones is 1. The Labute approximate surface area is 89.8 Å². The van der Waals surface area contributed by atoms with Gasteiger partial charge in [0.1, 0.15) is 11.5 Å². The number of rotatable bonds is 2. The summed E-state index contributed by atoms with van der Waals surface area (Å²) in [4.78, 5) is 9.81. The molecule has 0 radical (unpaired) electrons. The Morgan fingerprint density at radius 2 is 1.79 bits per heavy atom. The van der Waals surface area contributed by atoms with E-state index < -0.39 is 0 Å². The molecule has 1 aromatic rings. The number of carbonyl (C=O) groups is 1. The predicted octanol–water partition coefficient (Wildman–Crippen LogP) is 3.33. The van der Waals surface area contributed by atoms with Crippen molar-refractivity contribution in [2.24, 2.45) is 0 Å². The Morgan fingerprint density at radius 1 is 1.36 bits per heavy atom. The molecule has 2 nitrogen and oxygen atoms in total. The van der Waals surface area contributed by atoms with Gasteiger partial charge in [-0.05, 0) is 31.2 Å². The second-order valence-corrected chi connectivity index (χ2v) is 3.15. The van der Waals surface area contributed by atoms with Gasteiger partial charge in [-0.25, -0.2) is 0 Å². The van der Waals surface area contributed by atoms with Gasteiger partial charge in [0.25, 0.3) is 0 Å². The first-order valence-electron chi connectivity index (χ1n) is 4.39. The molecule has 0 fully saturated rings. The van der Waals surface area contributed by atoms with E-state index in [0.717, 1.165) is 10.8 Å². The lowest BCUT2D eigenvalue weighted by molar-refractivity contribution is -0.116. The molecule has 1 rings (SSSR count). The number of methoxy groups -OCH3 is 1. The largest absolute Gasteiger partial charge is 0.497 e. The molecule has 78 valence electrons. The average Bonchev–Trinajstić information content (AvgIpc) is 2.20. The van der Waals surface area contributed by atoms with Gasteiger partial charge in [-0.3, -0.25) is 0 Å². The number of ether oxygens (including phenoxy) is 1. The van der Waals surface area contributed by atoms with Crippen molar-refractivity contribution >= 4 is 17.4 Å². The van der Waals surface area contributed by atoms with Crippen LogP contribution in [0.3, 0.4) is 0 Å². The van der Waals surface area contributed by atoms with Gasteiger partial charge in [0, 0.05) is 11.4 Å². The number of benzene rings is 1. The monoisotopic (exact) mass is 214 g/mol. The maximum atomic E-state index is 9.81. The zero-order valence-corrected chi connectivity index (χ0v) is 9.47. The van der Waals surface area contributed by atoms with Crippen molar-refractivity contribution in [2.45, 2.75) is 20.3 Å². The van der Waals surface area contributed by atoms with Gasteiger partial charge in [0.15, 0.2) is 0 Å². The van der Waals surface area contributed by atoms with Gasteiger partial charge in [-0.15, -0.1) is 0 Å². The quantitative estimate of drug-likeness (QED) is 0.755. The van der Waals surface area contributed by atoms with Gasteiger partial charge in [-0.2, -0.15) is 0 Å². The molecule has 0 heterocycles. The minimum Gasteiger partial charge on any atom is -0.497 e. The van der Waals surface area contributed by atoms with E-state index in [1.54, 1.807) is 26.2 Å². The summed E-state index contributed by atoms with van der Waals surface area (Å²) >= 11 is 5.61. The third-order valence-electron chi connectivity index (χ3n) is 1.55. The summed E-state index contributed by atoms with van der Waals surface area (Å²) in [6.07, 6.45) is 0.667. The molecule has 0 N–H and O–H groups in total. The van der Waals surface area contributed by atoms with Crippen LogP contribution >= 0.6 is 11.6 Å². The van der Waals surface area contributed by atoms with E-state index in [4.69, 9.17) is 16.3 Å². The molecule has 1 aromatic carbocycles. The molecule has 0 aliphatic heterocycles. The Kier molecular flexibility index (Phi) is 6.85. The first-order valence-corrected chi connectivity index (χ1v) is 4.77. The molecule has 0 amide bonds. The fourth-order valence-electron chi connectivity index (χ4n) is 0.571. The lowest BCUT2D eigenvalue weighted by atomic mass is 10.3. The van der Waals surface area contributed by atoms with Gasteiger partial charge in [0.2, 0.25) is 0 Å². The van der Waals surface area contributed by atoms with Crippen molar-refractivity contribution in [2.75, 3.05) is 7.11 Å². The van der Waals surface area contributed by atoms with Gasteiger partial charge in [0.05, 0.1) is 7.11 Å². The minimum absolute atomic E-state index is 0.255. The molecular formula is C11H15ClO2. The summed E-state index contributed by atoms with van der Waals surface area (Å²) in [5.74, 6) is 1.09. The van der Waals surface area contributed by atoms with E-state index in [1.165, 1.54) is 0 Å². The van der Waals surface area contributed by atoms with Crippen molar-refractivity contribution in [3.8, 4) is 5.75 Å². The molecule has 0 saturated heterocycles. The smallest absolute Gasteiger partial charge is 0.129 e. The van der Waals surface area contributed by atoms with Crippen molar-refractivity contribution in [3.05, 3.63) is 29.3 Å². The highest BCUT2D eigenvalue weighted by molar-refractivity contribution is 6.30. The third kappa shape index (κ3) is 6.49. The van der Waals surface area contributed by atoms with E-state index in [2.05, 4.69) is 0 Å². The van der Waals surface area contributed by atoms with Crippen molar-refractivity contribution < 1.29 is 9.53 Å². The van der Waals surface area contributed by atoms with Crippen molar-refractivity contribution in [1.29, 1.82) is 0 Å². The van der Waals surface area contributed by atoms with Crippen LogP contribution in [0.1, 0.15) is 20.3 Å². The fraction of sp³-hybridized carbons (Fsp3) is 0.364. The number of hydrogen-bond acceptors (Lipinski definition) is 2. The van der Waals surface area contributed by atoms with Crippen LogP contribution in [0.15, 0.2) is 24.3 Å². The first-order chi connectivity index (χ1) is 6.60. The average molecular weight is 215 g/mol. The summed E-state index contributed by atoms with van der Waals surface area (Å²) in [7, 11) is 1.63. The minimum atomic E-state index is 0.255. The predicted molar refractivity (Wildman–Crippen MR) is 59.0 cm³/mol. The third-order valence-corrected chi connectivity index (χ3v) is 1.80. The van der Waals surface area contributed by atoms with Gasteiger partial charge in [-0.1, -0.05) is 18.5 Å². The Morgan fingerprint density at radius 3 is 2.07 bits per heavy atom. The van der Waals surface area contributed by atoms with Crippen LogP contribution in [-0.2, 0) is 4.79 Å². The highest BCUT2D eigenvalue weighted by Gasteiger charge is 1.87. The highest BCUT2D eigenvalue weighted by atomic mass is 35.5. The van der Waals surface area contributed by atoms with Crippen molar-refractivity contribution in [1.82, 2.24) is 0 Å². The molecule has 0 aliphatic rings. The standard InChI is InChI=1S/C7H7ClO.C4H8O/c1-9-7-4-2-6(8)3-5-7;1-3-4(2)5/h2-5H,1H3;3H2,1-2H3. The van der Waals surface area contributed by atoms with Gasteiger partial charge >= 0.3 is 0 Å². The number of Topliss-reactive ketones (excluding diaryl/α,β-unsaturated/α-hetero) is 1. The van der Waals surface area contributed by atoms with Crippen LogP contribution in [-0.4, -0.2) is 12.9 Å². The molecular weight excluding hydrogens is 200 g/mol. The lowest BCUT2D eigenvalue weighted by Gasteiger charge is -1.96. The summed E-state index contributed by atoms with van der Waals surface area (Å²) in [6, 6.07) is 7.23. The van der Waals surface area contributed by atoms with E-state index in [9.17, 15) is 4.79 Å². The number of halogens is 1. The molecule has 0 atom stereocenters. The highest BCUT2D eigenvalue weighted by Crippen LogP contribution is 2.14. The fourth-order valence-corrected chi connectivity index (χ4v) is 0.697. The molecule has 0 spiro atoms. The Bertz CT molecular complexity index is 267. The Balaban J connectivity index is 0.000000292. The van der Waals surface area contributed by atoms with Crippen molar-refractivity contribution in [3.63, 3.8) is 0 Å². The van der Waals surface area contributed by atoms with E-state index >= 15 is 0 Å². The van der Waals surface area contributed by atoms with Gasteiger partial charge < -0.3 is 9.53 Å². The zero-order valence-electron chi connectivity index (χ0n) is 8.71. The number of carbonyl (C=O) groups excluding carboxylic acids is 1. The SMILES string of the molecule is CCC(C)=O.COc1ccc(Cl)cc1. The summed E-state index contributed by atoms with van der Waals surface area (Å²) < 4.78 is 4.91. The van der Waals surface area contributed by atoms with Crippen LogP contribution in [0.4, 0.5) is 0 Å². The maximum Gasteiger partial charge on any atom is 0.129 e. The summed E-state index contributed by atoms with van der Waals surface area (Å²) in [6.45, 7) is 3.43. The molecule has 0 aliphatic carbocycles. The van der Waals surface area contributed by atoms with E-state index in [1.807, 2.05) is 19.1 Å². The Hall–Kier alpha value is -1.02. The lowest BCUT2D eigenvalue weighted by Crippen LogP contribution is -1.80. The molecule has 0 bridgehead atoms. The van der Waals surface area contributed by atoms with Crippen LogP contribution in [0.25, 0.3) is 0 Å². The topological polar surface area (TPSA) is 26.3 Å². The molecule has 0 aromatic heterocycles. The maximum absolute atomic E-state index is 9.81. The normalized spacial score (nSPS) is 8.57. The first kappa shape index (κ1) is 13.0. The molecule has 14 heavy (non-hydrogen) atoms. The van der Waals surface area contributed by atoms with Crippen LogP contribution in [0.2, 0.25) is 5.02 Å². The molecule has 0 saturated carbocycles.